The molecule has 1 saturated heterocycles. The highest BCUT2D eigenvalue weighted by Gasteiger charge is 2.18. The molecule has 7 heteroatoms. The van der Waals surface area contributed by atoms with Crippen molar-refractivity contribution in [1.29, 1.82) is 0 Å². The molecule has 138 valence electrons. The fraction of sp³-hybridized carbons (Fsp3) is 0.368. The van der Waals surface area contributed by atoms with E-state index in [2.05, 4.69) is 19.9 Å². The summed E-state index contributed by atoms with van der Waals surface area (Å²) < 4.78 is 26.9. The monoisotopic (exact) mass is 360 g/mol. The van der Waals surface area contributed by atoms with Crippen molar-refractivity contribution in [2.75, 3.05) is 44.7 Å². The van der Waals surface area contributed by atoms with Crippen LogP contribution in [0.5, 0.6) is 0 Å². The highest BCUT2D eigenvalue weighted by molar-refractivity contribution is 6.00. The Hall–Kier alpha value is -2.54. The molecule has 0 spiro atoms. The number of benzene rings is 1. The van der Waals surface area contributed by atoms with Crippen molar-refractivity contribution in [2.45, 2.75) is 6.42 Å². The minimum atomic E-state index is -0.618. The van der Waals surface area contributed by atoms with E-state index in [9.17, 15) is 8.78 Å². The minimum absolute atomic E-state index is 0.413. The zero-order valence-electron chi connectivity index (χ0n) is 14.7. The summed E-state index contributed by atoms with van der Waals surface area (Å²) in [6.07, 6.45) is 2.35. The second-order valence-corrected chi connectivity index (χ2v) is 6.15. The lowest BCUT2D eigenvalue weighted by atomic mass is 10.1. The number of rotatable bonds is 6. The van der Waals surface area contributed by atoms with Gasteiger partial charge in [0.25, 0.3) is 0 Å². The van der Waals surface area contributed by atoms with Crippen molar-refractivity contribution in [3.05, 3.63) is 59.8 Å². The van der Waals surface area contributed by atoms with Crippen LogP contribution in [-0.2, 0) is 4.84 Å². The van der Waals surface area contributed by atoms with Crippen LogP contribution in [0, 0.1) is 11.6 Å². The predicted molar refractivity (Wildman–Crippen MR) is 97.4 cm³/mol. The van der Waals surface area contributed by atoms with Crippen molar-refractivity contribution >= 4 is 11.5 Å². The molecule has 5 nitrogen and oxygen atoms in total. The fourth-order valence-corrected chi connectivity index (χ4v) is 3.08. The average Bonchev–Trinajstić information content (AvgIpc) is 2.65. The standard InChI is InChI=1S/C19H22F2N4O/c1-26-23-18(15-12-16(20)14-17(21)13-15)5-7-24-8-10-25(11-9-24)19-4-2-3-6-22-19/h2-4,6,12-14H,5,7-11H2,1H3/b23-18+. The van der Waals surface area contributed by atoms with Crippen molar-refractivity contribution in [3.63, 3.8) is 0 Å². The number of pyridine rings is 1. The Morgan fingerprint density at radius 1 is 1.12 bits per heavy atom. The molecule has 0 aliphatic carbocycles. The molecule has 1 aliphatic heterocycles. The molecule has 0 atom stereocenters. The summed E-state index contributed by atoms with van der Waals surface area (Å²) in [6.45, 7) is 4.32. The Balaban J connectivity index is 1.56. The van der Waals surface area contributed by atoms with Crippen LogP contribution in [0.15, 0.2) is 47.8 Å². The van der Waals surface area contributed by atoms with E-state index >= 15 is 0 Å². The van der Waals surface area contributed by atoms with Gasteiger partial charge in [-0.25, -0.2) is 13.8 Å². The normalized spacial score (nSPS) is 16.0. The van der Waals surface area contributed by atoms with Crippen LogP contribution in [0.25, 0.3) is 0 Å². The predicted octanol–water partition coefficient (Wildman–Crippen LogP) is 2.92. The van der Waals surface area contributed by atoms with E-state index in [1.54, 1.807) is 6.20 Å². The molecular formula is C19H22F2N4O. The first-order chi connectivity index (χ1) is 12.7. The third kappa shape index (κ3) is 4.76. The molecular weight excluding hydrogens is 338 g/mol. The van der Waals surface area contributed by atoms with E-state index in [0.717, 1.165) is 44.6 Å². The maximum atomic E-state index is 13.5. The van der Waals surface area contributed by atoms with Gasteiger partial charge in [0.1, 0.15) is 24.6 Å². The lowest BCUT2D eigenvalue weighted by Crippen LogP contribution is -2.47. The maximum absolute atomic E-state index is 13.5. The zero-order chi connectivity index (χ0) is 18.4. The van der Waals surface area contributed by atoms with Gasteiger partial charge in [0.2, 0.25) is 0 Å². The zero-order valence-corrected chi connectivity index (χ0v) is 14.7. The third-order valence-corrected chi connectivity index (χ3v) is 4.41. The number of anilines is 1. The van der Waals surface area contributed by atoms with Crippen molar-refractivity contribution in [3.8, 4) is 0 Å². The Labute approximate surface area is 151 Å². The van der Waals surface area contributed by atoms with E-state index in [0.29, 0.717) is 17.7 Å². The minimum Gasteiger partial charge on any atom is -0.399 e. The first kappa shape index (κ1) is 18.3. The van der Waals surface area contributed by atoms with Crippen molar-refractivity contribution in [1.82, 2.24) is 9.88 Å². The van der Waals surface area contributed by atoms with Gasteiger partial charge < -0.3 is 9.74 Å². The third-order valence-electron chi connectivity index (χ3n) is 4.41. The molecule has 1 aliphatic rings. The molecule has 0 bridgehead atoms. The number of aromatic nitrogens is 1. The summed E-state index contributed by atoms with van der Waals surface area (Å²) in [5.41, 5.74) is 0.953. The van der Waals surface area contributed by atoms with Gasteiger partial charge in [-0.1, -0.05) is 11.2 Å². The van der Waals surface area contributed by atoms with E-state index in [1.807, 2.05) is 18.2 Å². The molecule has 0 N–H and O–H groups in total. The highest BCUT2D eigenvalue weighted by Crippen LogP contribution is 2.15. The average molecular weight is 360 g/mol. The van der Waals surface area contributed by atoms with Crippen LogP contribution < -0.4 is 4.90 Å². The van der Waals surface area contributed by atoms with Crippen molar-refractivity contribution in [2.24, 2.45) is 5.16 Å². The fourth-order valence-electron chi connectivity index (χ4n) is 3.08. The summed E-state index contributed by atoms with van der Waals surface area (Å²) in [6, 6.07) is 9.31. The van der Waals surface area contributed by atoms with E-state index in [4.69, 9.17) is 4.84 Å². The van der Waals surface area contributed by atoms with E-state index in [-0.39, 0.29) is 0 Å². The number of hydrogen-bond acceptors (Lipinski definition) is 5. The van der Waals surface area contributed by atoms with Crippen LogP contribution in [-0.4, -0.2) is 55.4 Å². The molecule has 0 saturated carbocycles. The molecule has 1 aromatic heterocycles. The summed E-state index contributed by atoms with van der Waals surface area (Å²) in [7, 11) is 1.43. The van der Waals surface area contributed by atoms with Crippen LogP contribution in [0.1, 0.15) is 12.0 Å². The molecule has 2 heterocycles. The number of piperazine rings is 1. The number of nitrogens with zero attached hydrogens (tertiary/aromatic N) is 4. The molecule has 0 radical (unpaired) electrons. The quantitative estimate of drug-likeness (QED) is 0.587. The number of oxime groups is 1. The van der Waals surface area contributed by atoms with Gasteiger partial charge in [-0.15, -0.1) is 0 Å². The summed E-state index contributed by atoms with van der Waals surface area (Å²) in [5.74, 6) is -0.246. The first-order valence-electron chi connectivity index (χ1n) is 8.60. The molecule has 1 aromatic carbocycles. The van der Waals surface area contributed by atoms with Crippen LogP contribution >= 0.6 is 0 Å². The van der Waals surface area contributed by atoms with Gasteiger partial charge >= 0.3 is 0 Å². The summed E-state index contributed by atoms with van der Waals surface area (Å²) in [5, 5.41) is 3.96. The van der Waals surface area contributed by atoms with E-state index in [1.165, 1.54) is 19.2 Å². The van der Waals surface area contributed by atoms with Gasteiger partial charge in [0, 0.05) is 57.0 Å². The lowest BCUT2D eigenvalue weighted by molar-refractivity contribution is 0.211. The summed E-state index contributed by atoms with van der Waals surface area (Å²) >= 11 is 0. The molecule has 0 unspecified atom stereocenters. The Morgan fingerprint density at radius 3 is 2.46 bits per heavy atom. The van der Waals surface area contributed by atoms with Gasteiger partial charge in [0.05, 0.1) is 5.71 Å². The van der Waals surface area contributed by atoms with Gasteiger partial charge in [-0.3, -0.25) is 4.90 Å². The molecule has 3 rings (SSSR count). The van der Waals surface area contributed by atoms with Gasteiger partial charge in [-0.05, 0) is 24.3 Å². The second-order valence-electron chi connectivity index (χ2n) is 6.15. The first-order valence-corrected chi connectivity index (χ1v) is 8.60. The molecule has 26 heavy (non-hydrogen) atoms. The Bertz CT molecular complexity index is 726. The summed E-state index contributed by atoms with van der Waals surface area (Å²) in [4.78, 5) is 13.8. The number of hydrogen-bond donors (Lipinski definition) is 0. The molecule has 2 aromatic rings. The van der Waals surface area contributed by atoms with E-state index < -0.39 is 11.6 Å². The second kappa shape index (κ2) is 8.71. The molecule has 1 fully saturated rings. The maximum Gasteiger partial charge on any atom is 0.128 e. The number of halogens is 2. The van der Waals surface area contributed by atoms with Crippen molar-refractivity contribution < 1.29 is 13.6 Å². The van der Waals surface area contributed by atoms with Gasteiger partial charge in [-0.2, -0.15) is 0 Å². The van der Waals surface area contributed by atoms with Gasteiger partial charge in [0.15, 0.2) is 0 Å². The largest absolute Gasteiger partial charge is 0.399 e. The van der Waals surface area contributed by atoms with Crippen LogP contribution in [0.2, 0.25) is 0 Å². The topological polar surface area (TPSA) is 41.0 Å². The lowest BCUT2D eigenvalue weighted by Gasteiger charge is -2.35. The smallest absolute Gasteiger partial charge is 0.128 e. The Morgan fingerprint density at radius 2 is 1.85 bits per heavy atom. The SMILES string of the molecule is CO/N=C(\CCN1CCN(c2ccccn2)CC1)c1cc(F)cc(F)c1. The van der Waals surface area contributed by atoms with Crippen LogP contribution in [0.3, 0.4) is 0 Å². The van der Waals surface area contributed by atoms with Crippen LogP contribution in [0.4, 0.5) is 14.6 Å². The molecule has 0 amide bonds. The Kier molecular flexibility index (Phi) is 6.12. The highest BCUT2D eigenvalue weighted by atomic mass is 19.1.